The van der Waals surface area contributed by atoms with Gasteiger partial charge in [0.05, 0.1) is 20.3 Å². The first-order chi connectivity index (χ1) is 14.1. The quantitative estimate of drug-likeness (QED) is 0.774. The highest BCUT2D eigenvalue weighted by atomic mass is 16.5. The Morgan fingerprint density at radius 1 is 1.00 bits per heavy atom. The molecule has 2 aromatic rings. The summed E-state index contributed by atoms with van der Waals surface area (Å²) >= 11 is 0. The molecule has 4 rings (SSSR count). The predicted octanol–water partition coefficient (Wildman–Crippen LogP) is 3.81. The van der Waals surface area contributed by atoms with Gasteiger partial charge in [-0.2, -0.15) is 0 Å². The number of rotatable bonds is 5. The van der Waals surface area contributed by atoms with E-state index in [4.69, 9.17) is 9.47 Å². The minimum absolute atomic E-state index is 0.00308. The molecule has 0 bridgehead atoms. The van der Waals surface area contributed by atoms with Gasteiger partial charge in [-0.25, -0.2) is 0 Å². The monoisotopic (exact) mass is 394 g/mol. The van der Waals surface area contributed by atoms with Gasteiger partial charge in [0.2, 0.25) is 5.91 Å². The molecule has 6 nitrogen and oxygen atoms in total. The number of carbonyl (C=O) groups is 2. The number of amides is 2. The van der Waals surface area contributed by atoms with Gasteiger partial charge in [0.25, 0.3) is 5.91 Å². The third kappa shape index (κ3) is 3.67. The molecular formula is C23H26N2O4. The van der Waals surface area contributed by atoms with Crippen molar-refractivity contribution in [1.29, 1.82) is 0 Å². The van der Waals surface area contributed by atoms with E-state index in [0.717, 1.165) is 48.6 Å². The molecule has 1 atom stereocenters. The lowest BCUT2D eigenvalue weighted by Crippen LogP contribution is -2.31. The second kappa shape index (κ2) is 8.15. The molecule has 0 aromatic heterocycles. The summed E-state index contributed by atoms with van der Waals surface area (Å²) in [5.41, 5.74) is 2.46. The summed E-state index contributed by atoms with van der Waals surface area (Å²) in [6.45, 7) is 1.45. The molecule has 29 heavy (non-hydrogen) atoms. The zero-order valence-electron chi connectivity index (χ0n) is 16.9. The average molecular weight is 394 g/mol. The fraction of sp³-hybridized carbons (Fsp3) is 0.391. The molecule has 2 fully saturated rings. The Morgan fingerprint density at radius 3 is 2.45 bits per heavy atom. The highest BCUT2D eigenvalue weighted by Crippen LogP contribution is 2.39. The Hall–Kier alpha value is -3.02. The van der Waals surface area contributed by atoms with Crippen LogP contribution in [-0.2, 0) is 4.79 Å². The second-order valence-corrected chi connectivity index (χ2v) is 7.46. The Morgan fingerprint density at radius 2 is 1.79 bits per heavy atom. The maximum atomic E-state index is 13.3. The molecule has 0 aliphatic carbocycles. The van der Waals surface area contributed by atoms with Crippen LogP contribution in [0.3, 0.4) is 0 Å². The molecule has 2 amide bonds. The number of ether oxygens (including phenoxy) is 2. The van der Waals surface area contributed by atoms with E-state index in [9.17, 15) is 9.59 Å². The van der Waals surface area contributed by atoms with E-state index < -0.39 is 0 Å². The lowest BCUT2D eigenvalue weighted by Gasteiger charge is -2.27. The van der Waals surface area contributed by atoms with E-state index >= 15 is 0 Å². The molecule has 2 saturated heterocycles. The average Bonchev–Trinajstić information content (AvgIpc) is 3.42. The molecule has 0 radical (unpaired) electrons. The largest absolute Gasteiger partial charge is 0.497 e. The summed E-state index contributed by atoms with van der Waals surface area (Å²) in [6, 6.07) is 13.0. The number of methoxy groups -OCH3 is 2. The first-order valence-corrected chi connectivity index (χ1v) is 10.1. The van der Waals surface area contributed by atoms with Gasteiger partial charge in [-0.15, -0.1) is 0 Å². The van der Waals surface area contributed by atoms with Gasteiger partial charge >= 0.3 is 0 Å². The van der Waals surface area contributed by atoms with Crippen molar-refractivity contribution in [3.05, 3.63) is 53.6 Å². The zero-order valence-corrected chi connectivity index (χ0v) is 16.9. The summed E-state index contributed by atoms with van der Waals surface area (Å²) < 4.78 is 10.9. The van der Waals surface area contributed by atoms with Crippen LogP contribution in [0.4, 0.5) is 5.69 Å². The highest BCUT2D eigenvalue weighted by Gasteiger charge is 2.33. The van der Waals surface area contributed by atoms with E-state index in [0.29, 0.717) is 18.5 Å². The van der Waals surface area contributed by atoms with Crippen LogP contribution in [0.25, 0.3) is 0 Å². The standard InChI is InChI=1S/C23H26N2O4/c1-28-18-11-12-21(29-2)19(15-18)20-5-3-14-25(20)23(27)16-7-9-17(10-8-16)24-13-4-6-22(24)26/h7-12,15,20H,3-6,13-14H2,1-2H3/t20-/m1/s1. The van der Waals surface area contributed by atoms with Crippen LogP contribution in [0.15, 0.2) is 42.5 Å². The van der Waals surface area contributed by atoms with Gasteiger partial charge in [-0.1, -0.05) is 0 Å². The molecule has 2 aliphatic rings. The fourth-order valence-corrected chi connectivity index (χ4v) is 4.30. The van der Waals surface area contributed by atoms with Crippen molar-refractivity contribution in [1.82, 2.24) is 4.90 Å². The van der Waals surface area contributed by atoms with Crippen LogP contribution in [0.1, 0.15) is 47.6 Å². The molecule has 152 valence electrons. The van der Waals surface area contributed by atoms with Crippen molar-refractivity contribution < 1.29 is 19.1 Å². The summed E-state index contributed by atoms with van der Waals surface area (Å²) in [5, 5.41) is 0. The van der Waals surface area contributed by atoms with Gasteiger partial charge in [-0.05, 0) is 61.7 Å². The fourth-order valence-electron chi connectivity index (χ4n) is 4.30. The molecule has 2 aromatic carbocycles. The van der Waals surface area contributed by atoms with E-state index in [1.54, 1.807) is 19.1 Å². The SMILES string of the molecule is COc1ccc(OC)c([C@H]2CCCN2C(=O)c2ccc(N3CCCC3=O)cc2)c1. The first-order valence-electron chi connectivity index (χ1n) is 10.1. The van der Waals surface area contributed by atoms with Gasteiger partial charge in [0, 0.05) is 36.3 Å². The summed E-state index contributed by atoms with van der Waals surface area (Å²) in [7, 11) is 3.28. The van der Waals surface area contributed by atoms with E-state index in [-0.39, 0.29) is 17.9 Å². The molecule has 6 heteroatoms. The number of benzene rings is 2. The van der Waals surface area contributed by atoms with Crippen LogP contribution in [-0.4, -0.2) is 44.0 Å². The topological polar surface area (TPSA) is 59.1 Å². The van der Waals surface area contributed by atoms with Crippen molar-refractivity contribution in [3.63, 3.8) is 0 Å². The molecule has 0 N–H and O–H groups in total. The summed E-state index contributed by atoms with van der Waals surface area (Å²) in [6.07, 6.45) is 3.31. The van der Waals surface area contributed by atoms with Crippen molar-refractivity contribution in [3.8, 4) is 11.5 Å². The van der Waals surface area contributed by atoms with E-state index in [1.165, 1.54) is 0 Å². The lowest BCUT2D eigenvalue weighted by molar-refractivity contribution is -0.117. The number of nitrogens with zero attached hydrogens (tertiary/aromatic N) is 2. The van der Waals surface area contributed by atoms with Gasteiger partial charge in [0.1, 0.15) is 11.5 Å². The number of anilines is 1. The zero-order chi connectivity index (χ0) is 20.4. The molecular weight excluding hydrogens is 368 g/mol. The van der Waals surface area contributed by atoms with Gasteiger partial charge in [-0.3, -0.25) is 9.59 Å². The van der Waals surface area contributed by atoms with Crippen LogP contribution < -0.4 is 14.4 Å². The Bertz CT molecular complexity index is 910. The van der Waals surface area contributed by atoms with Crippen molar-refractivity contribution >= 4 is 17.5 Å². The Balaban J connectivity index is 1.57. The van der Waals surface area contributed by atoms with Crippen molar-refractivity contribution in [2.45, 2.75) is 31.7 Å². The van der Waals surface area contributed by atoms with E-state index in [1.807, 2.05) is 47.4 Å². The Labute approximate surface area is 171 Å². The predicted molar refractivity (Wildman–Crippen MR) is 111 cm³/mol. The number of likely N-dealkylation sites (tertiary alicyclic amines) is 1. The van der Waals surface area contributed by atoms with Crippen LogP contribution >= 0.6 is 0 Å². The van der Waals surface area contributed by atoms with Crippen LogP contribution in [0.5, 0.6) is 11.5 Å². The lowest BCUT2D eigenvalue weighted by atomic mass is 10.0. The van der Waals surface area contributed by atoms with Crippen LogP contribution in [0.2, 0.25) is 0 Å². The first kappa shape index (κ1) is 19.3. The third-order valence-corrected chi connectivity index (χ3v) is 5.81. The molecule has 0 saturated carbocycles. The van der Waals surface area contributed by atoms with Gasteiger partial charge < -0.3 is 19.3 Å². The molecule has 2 heterocycles. The highest BCUT2D eigenvalue weighted by molar-refractivity contribution is 5.97. The third-order valence-electron chi connectivity index (χ3n) is 5.81. The summed E-state index contributed by atoms with van der Waals surface area (Å²) in [4.78, 5) is 28.9. The maximum absolute atomic E-state index is 13.3. The maximum Gasteiger partial charge on any atom is 0.254 e. The normalized spacial score (nSPS) is 19.0. The summed E-state index contributed by atoms with van der Waals surface area (Å²) in [5.74, 6) is 1.66. The van der Waals surface area contributed by atoms with Crippen molar-refractivity contribution in [2.75, 3.05) is 32.2 Å². The smallest absolute Gasteiger partial charge is 0.254 e. The minimum Gasteiger partial charge on any atom is -0.497 e. The molecule has 2 aliphatic heterocycles. The minimum atomic E-state index is -0.0487. The number of carbonyl (C=O) groups excluding carboxylic acids is 2. The number of hydrogen-bond acceptors (Lipinski definition) is 4. The van der Waals surface area contributed by atoms with Gasteiger partial charge in [0.15, 0.2) is 0 Å². The van der Waals surface area contributed by atoms with E-state index in [2.05, 4.69) is 0 Å². The number of hydrogen-bond donors (Lipinski definition) is 0. The molecule has 0 unspecified atom stereocenters. The van der Waals surface area contributed by atoms with Crippen molar-refractivity contribution in [2.24, 2.45) is 0 Å². The van der Waals surface area contributed by atoms with Crippen LogP contribution in [0, 0.1) is 0 Å². The second-order valence-electron chi connectivity index (χ2n) is 7.46. The molecule has 0 spiro atoms. The Kier molecular flexibility index (Phi) is 5.43.